The summed E-state index contributed by atoms with van der Waals surface area (Å²) in [6.45, 7) is 6.20. The molecule has 0 amide bonds. The van der Waals surface area contributed by atoms with Crippen LogP contribution in [0.25, 0.3) is 0 Å². The highest BCUT2D eigenvalue weighted by Crippen LogP contribution is 2.25. The molecule has 0 aromatic rings. The molecule has 1 fully saturated rings. The Kier molecular flexibility index (Phi) is 2.51. The molecule has 1 aliphatic heterocycles. The summed E-state index contributed by atoms with van der Waals surface area (Å²) in [5.41, 5.74) is 0.235. The Bertz CT molecular complexity index is 228. The number of hydrogen-bond acceptors (Lipinski definition) is 2. The molecule has 72 valence electrons. The highest BCUT2D eigenvalue weighted by molar-refractivity contribution is 5.20. The molecule has 0 spiro atoms. The van der Waals surface area contributed by atoms with E-state index >= 15 is 0 Å². The van der Waals surface area contributed by atoms with Crippen molar-refractivity contribution in [2.75, 3.05) is 26.3 Å². The third-order valence-corrected chi connectivity index (χ3v) is 2.97. The Morgan fingerprint density at radius 1 is 1.23 bits per heavy atom. The summed E-state index contributed by atoms with van der Waals surface area (Å²) in [4.78, 5) is 2.51. The van der Waals surface area contributed by atoms with Crippen LogP contribution in [0.4, 0.5) is 0 Å². The first-order valence-electron chi connectivity index (χ1n) is 4.98. The topological polar surface area (TPSA) is 12.5 Å². The van der Waals surface area contributed by atoms with Crippen molar-refractivity contribution in [1.82, 2.24) is 4.90 Å². The number of allylic oxidation sites excluding steroid dienone is 2. The van der Waals surface area contributed by atoms with Crippen LogP contribution in [0.2, 0.25) is 0 Å². The maximum absolute atomic E-state index is 5.35. The zero-order valence-electron chi connectivity index (χ0n) is 8.20. The van der Waals surface area contributed by atoms with Crippen LogP contribution in [0.3, 0.4) is 0 Å². The fraction of sp³-hybridized carbons (Fsp3) is 0.636. The zero-order chi connectivity index (χ0) is 9.15. The molecule has 0 radical (unpaired) electrons. The number of nitrogens with zero attached hydrogens (tertiary/aromatic N) is 1. The summed E-state index contributed by atoms with van der Waals surface area (Å²) in [6, 6.07) is 0. The minimum absolute atomic E-state index is 0.235. The van der Waals surface area contributed by atoms with Gasteiger partial charge in [-0.05, 0) is 13.3 Å². The second kappa shape index (κ2) is 3.64. The third-order valence-electron chi connectivity index (χ3n) is 2.97. The van der Waals surface area contributed by atoms with E-state index in [1.54, 1.807) is 0 Å². The van der Waals surface area contributed by atoms with Gasteiger partial charge >= 0.3 is 0 Å². The van der Waals surface area contributed by atoms with Gasteiger partial charge in [-0.25, -0.2) is 0 Å². The number of rotatable bonds is 1. The summed E-state index contributed by atoms with van der Waals surface area (Å²) in [5.74, 6) is 0. The highest BCUT2D eigenvalue weighted by atomic mass is 16.5. The van der Waals surface area contributed by atoms with Gasteiger partial charge in [-0.1, -0.05) is 24.3 Å². The minimum atomic E-state index is 0.235. The SMILES string of the molecule is CC1(N2CCOCC2)C=CC=CC1. The summed E-state index contributed by atoms with van der Waals surface area (Å²) in [6.07, 6.45) is 9.96. The lowest BCUT2D eigenvalue weighted by molar-refractivity contribution is 0.0000371. The Hall–Kier alpha value is -0.600. The van der Waals surface area contributed by atoms with E-state index in [4.69, 9.17) is 4.74 Å². The van der Waals surface area contributed by atoms with Crippen molar-refractivity contribution in [3.05, 3.63) is 24.3 Å². The van der Waals surface area contributed by atoms with Crippen LogP contribution in [-0.2, 0) is 4.74 Å². The van der Waals surface area contributed by atoms with Crippen LogP contribution >= 0.6 is 0 Å². The van der Waals surface area contributed by atoms with Gasteiger partial charge in [0.25, 0.3) is 0 Å². The standard InChI is InChI=1S/C11H17NO/c1-11(5-3-2-4-6-11)12-7-9-13-10-8-12/h2-5H,6-10H2,1H3. The lowest BCUT2D eigenvalue weighted by atomic mass is 9.91. The van der Waals surface area contributed by atoms with E-state index < -0.39 is 0 Å². The van der Waals surface area contributed by atoms with Crippen LogP contribution in [-0.4, -0.2) is 36.7 Å². The maximum atomic E-state index is 5.35. The second-order valence-corrected chi connectivity index (χ2v) is 3.95. The van der Waals surface area contributed by atoms with E-state index in [0.29, 0.717) is 0 Å². The molecule has 0 bridgehead atoms. The molecule has 0 N–H and O–H groups in total. The van der Waals surface area contributed by atoms with Crippen molar-refractivity contribution >= 4 is 0 Å². The summed E-state index contributed by atoms with van der Waals surface area (Å²) in [7, 11) is 0. The molecule has 2 heteroatoms. The second-order valence-electron chi connectivity index (χ2n) is 3.95. The highest BCUT2D eigenvalue weighted by Gasteiger charge is 2.29. The Balaban J connectivity index is 2.04. The molecule has 1 unspecified atom stereocenters. The molecule has 0 aromatic carbocycles. The van der Waals surface area contributed by atoms with Crippen LogP contribution in [0.5, 0.6) is 0 Å². The first kappa shape index (κ1) is 8.97. The van der Waals surface area contributed by atoms with Crippen molar-refractivity contribution in [1.29, 1.82) is 0 Å². The van der Waals surface area contributed by atoms with Gasteiger partial charge in [0.2, 0.25) is 0 Å². The Morgan fingerprint density at radius 2 is 2.00 bits per heavy atom. The number of ether oxygens (including phenoxy) is 1. The Labute approximate surface area is 79.9 Å². The predicted molar refractivity (Wildman–Crippen MR) is 53.7 cm³/mol. The van der Waals surface area contributed by atoms with Gasteiger partial charge < -0.3 is 4.74 Å². The van der Waals surface area contributed by atoms with E-state index in [1.165, 1.54) is 0 Å². The normalized spacial score (nSPS) is 35.2. The molecular formula is C11H17NO. The number of hydrogen-bond donors (Lipinski definition) is 0. The van der Waals surface area contributed by atoms with Crippen molar-refractivity contribution in [3.63, 3.8) is 0 Å². The molecule has 2 nitrogen and oxygen atoms in total. The van der Waals surface area contributed by atoms with Crippen LogP contribution in [0.1, 0.15) is 13.3 Å². The molecule has 0 saturated carbocycles. The summed E-state index contributed by atoms with van der Waals surface area (Å²) < 4.78 is 5.35. The van der Waals surface area contributed by atoms with E-state index in [1.807, 2.05) is 0 Å². The lowest BCUT2D eigenvalue weighted by Gasteiger charge is -2.41. The molecule has 1 atom stereocenters. The van der Waals surface area contributed by atoms with E-state index in [2.05, 4.69) is 36.1 Å². The van der Waals surface area contributed by atoms with Crippen molar-refractivity contribution < 1.29 is 4.74 Å². The van der Waals surface area contributed by atoms with Crippen molar-refractivity contribution in [2.24, 2.45) is 0 Å². The van der Waals surface area contributed by atoms with E-state index in [-0.39, 0.29) is 5.54 Å². The van der Waals surface area contributed by atoms with Crippen LogP contribution in [0.15, 0.2) is 24.3 Å². The van der Waals surface area contributed by atoms with E-state index in [0.717, 1.165) is 32.7 Å². The van der Waals surface area contributed by atoms with Gasteiger partial charge in [0.05, 0.1) is 13.2 Å². The van der Waals surface area contributed by atoms with Gasteiger partial charge in [0, 0.05) is 18.6 Å². The van der Waals surface area contributed by atoms with Gasteiger partial charge in [0.1, 0.15) is 0 Å². The molecule has 2 aliphatic rings. The monoisotopic (exact) mass is 179 g/mol. The van der Waals surface area contributed by atoms with E-state index in [9.17, 15) is 0 Å². The fourth-order valence-corrected chi connectivity index (χ4v) is 2.02. The van der Waals surface area contributed by atoms with Gasteiger partial charge in [-0.2, -0.15) is 0 Å². The van der Waals surface area contributed by atoms with Crippen molar-refractivity contribution in [3.8, 4) is 0 Å². The average Bonchev–Trinajstić information content (AvgIpc) is 2.20. The van der Waals surface area contributed by atoms with Crippen LogP contribution in [0, 0.1) is 0 Å². The first-order valence-corrected chi connectivity index (χ1v) is 4.98. The summed E-state index contributed by atoms with van der Waals surface area (Å²) >= 11 is 0. The lowest BCUT2D eigenvalue weighted by Crippen LogP contribution is -2.50. The molecule has 1 aliphatic carbocycles. The molecule has 13 heavy (non-hydrogen) atoms. The zero-order valence-corrected chi connectivity index (χ0v) is 8.20. The number of morpholine rings is 1. The Morgan fingerprint density at radius 3 is 2.62 bits per heavy atom. The maximum Gasteiger partial charge on any atom is 0.0594 e. The molecule has 1 heterocycles. The van der Waals surface area contributed by atoms with Gasteiger partial charge in [0.15, 0.2) is 0 Å². The average molecular weight is 179 g/mol. The largest absolute Gasteiger partial charge is 0.379 e. The molecule has 1 saturated heterocycles. The van der Waals surface area contributed by atoms with Gasteiger partial charge in [-0.3, -0.25) is 4.90 Å². The van der Waals surface area contributed by atoms with Crippen LogP contribution < -0.4 is 0 Å². The van der Waals surface area contributed by atoms with Crippen molar-refractivity contribution in [2.45, 2.75) is 18.9 Å². The molecule has 2 rings (SSSR count). The predicted octanol–water partition coefficient (Wildman–Crippen LogP) is 1.59. The first-order chi connectivity index (χ1) is 6.31. The summed E-state index contributed by atoms with van der Waals surface area (Å²) in [5, 5.41) is 0. The third kappa shape index (κ3) is 1.84. The smallest absolute Gasteiger partial charge is 0.0594 e. The fourth-order valence-electron chi connectivity index (χ4n) is 2.02. The molecule has 0 aromatic heterocycles. The molecular weight excluding hydrogens is 162 g/mol. The van der Waals surface area contributed by atoms with Gasteiger partial charge in [-0.15, -0.1) is 0 Å². The minimum Gasteiger partial charge on any atom is -0.379 e. The quantitative estimate of drug-likeness (QED) is 0.606.